The summed E-state index contributed by atoms with van der Waals surface area (Å²) in [6, 6.07) is 9.83. The van der Waals surface area contributed by atoms with E-state index in [1.807, 2.05) is 0 Å². The van der Waals surface area contributed by atoms with Crippen LogP contribution in [0.5, 0.6) is 5.75 Å². The van der Waals surface area contributed by atoms with Gasteiger partial charge in [0.2, 0.25) is 0 Å². The van der Waals surface area contributed by atoms with Gasteiger partial charge in [-0.3, -0.25) is 4.79 Å². The van der Waals surface area contributed by atoms with Crippen LogP contribution in [0.15, 0.2) is 46.3 Å². The quantitative estimate of drug-likeness (QED) is 0.384. The number of nitrogens with zero attached hydrogens (tertiary/aromatic N) is 2. The van der Waals surface area contributed by atoms with Gasteiger partial charge in [0.25, 0.3) is 5.56 Å². The van der Waals surface area contributed by atoms with Gasteiger partial charge in [-0.1, -0.05) is 23.9 Å². The van der Waals surface area contributed by atoms with Crippen molar-refractivity contribution < 1.29 is 19.0 Å². The minimum Gasteiger partial charge on any atom is -0.507 e. The van der Waals surface area contributed by atoms with Gasteiger partial charge in [-0.2, -0.15) is 5.26 Å². The molecule has 0 aliphatic heterocycles. The average molecular weight is 411 g/mol. The number of halogens is 1. The van der Waals surface area contributed by atoms with E-state index in [-0.39, 0.29) is 44.4 Å². The minimum atomic E-state index is -0.672. The van der Waals surface area contributed by atoms with Crippen molar-refractivity contribution in [2.75, 3.05) is 13.4 Å². The topological polar surface area (TPSA) is 116 Å². The van der Waals surface area contributed by atoms with E-state index >= 15 is 0 Å². The molecule has 0 saturated carbocycles. The summed E-state index contributed by atoms with van der Waals surface area (Å²) in [6.07, 6.45) is 1.69. The number of aromatic hydroxyl groups is 1. The lowest BCUT2D eigenvalue weighted by Gasteiger charge is -2.12. The van der Waals surface area contributed by atoms with Crippen LogP contribution in [-0.4, -0.2) is 34.4 Å². The van der Waals surface area contributed by atoms with Crippen LogP contribution in [0.4, 0.5) is 4.39 Å². The van der Waals surface area contributed by atoms with Crippen LogP contribution in [0.3, 0.4) is 0 Å². The number of ether oxygens (including phenoxy) is 1. The van der Waals surface area contributed by atoms with Crippen LogP contribution in [0.2, 0.25) is 0 Å². The zero-order valence-electron chi connectivity index (χ0n) is 15.3. The van der Waals surface area contributed by atoms with Crippen molar-refractivity contribution >= 4 is 17.7 Å². The Labute approximate surface area is 168 Å². The molecule has 1 heterocycles. The number of nitriles is 1. The summed E-state index contributed by atoms with van der Waals surface area (Å²) in [6.45, 7) is 0. The van der Waals surface area contributed by atoms with Gasteiger partial charge in [0, 0.05) is 16.7 Å². The van der Waals surface area contributed by atoms with Crippen LogP contribution >= 0.6 is 11.8 Å². The third-order valence-corrected chi connectivity index (χ3v) is 4.75. The number of benzene rings is 2. The predicted molar refractivity (Wildman–Crippen MR) is 105 cm³/mol. The second-order valence-electron chi connectivity index (χ2n) is 5.80. The Hall–Kier alpha value is -3.64. The van der Waals surface area contributed by atoms with E-state index in [4.69, 9.17) is 0 Å². The molecule has 0 bridgehead atoms. The molecule has 0 amide bonds. The maximum atomic E-state index is 14.5. The molecule has 1 aromatic heterocycles. The number of para-hydroxylation sites is 1. The van der Waals surface area contributed by atoms with Gasteiger partial charge in [0.1, 0.15) is 28.9 Å². The van der Waals surface area contributed by atoms with Gasteiger partial charge >= 0.3 is 5.97 Å². The highest BCUT2D eigenvalue weighted by Crippen LogP contribution is 2.39. The molecule has 9 heteroatoms. The minimum absolute atomic E-state index is 0.0236. The maximum absolute atomic E-state index is 14.5. The van der Waals surface area contributed by atoms with Crippen molar-refractivity contribution in [3.63, 3.8) is 0 Å². The molecule has 0 fully saturated rings. The number of nitrogens with one attached hydrogen (secondary N) is 1. The van der Waals surface area contributed by atoms with E-state index in [2.05, 4.69) is 14.7 Å². The number of hydrogen-bond donors (Lipinski definition) is 2. The number of esters is 1. The lowest BCUT2D eigenvalue weighted by atomic mass is 9.96. The first kappa shape index (κ1) is 20.1. The Kier molecular flexibility index (Phi) is 5.66. The van der Waals surface area contributed by atoms with Gasteiger partial charge in [-0.15, -0.1) is 0 Å². The Morgan fingerprint density at radius 3 is 2.66 bits per heavy atom. The van der Waals surface area contributed by atoms with Crippen molar-refractivity contribution in [2.45, 2.75) is 5.16 Å². The van der Waals surface area contributed by atoms with E-state index in [1.54, 1.807) is 12.3 Å². The number of methoxy groups -OCH3 is 1. The Balaban J connectivity index is 2.27. The number of aromatic nitrogens is 2. The summed E-state index contributed by atoms with van der Waals surface area (Å²) >= 11 is 1.16. The number of rotatable bonds is 4. The number of hydrogen-bond acceptors (Lipinski definition) is 7. The first-order valence-corrected chi connectivity index (χ1v) is 9.42. The summed E-state index contributed by atoms with van der Waals surface area (Å²) < 4.78 is 19.1. The normalized spacial score (nSPS) is 10.4. The highest BCUT2D eigenvalue weighted by atomic mass is 32.2. The fourth-order valence-electron chi connectivity index (χ4n) is 2.78. The zero-order valence-corrected chi connectivity index (χ0v) is 16.1. The number of phenols is 1. The number of carbonyl (C=O) groups is 1. The molecule has 7 nitrogen and oxygen atoms in total. The standard InChI is InChI=1S/C20H14FN3O4S/c1-28-19(27)10-6-7-15(21)13(8-10)11-4-3-5-12(17(11)25)16-14(9-22)18(26)24-20(23-16)29-2/h3-8,25H,1-2H3,(H,23,24,26). The summed E-state index contributed by atoms with van der Waals surface area (Å²) in [5.41, 5.74) is -0.731. The molecule has 146 valence electrons. The first-order chi connectivity index (χ1) is 13.9. The van der Waals surface area contributed by atoms with Gasteiger partial charge in [0.15, 0.2) is 5.16 Å². The van der Waals surface area contributed by atoms with Gasteiger partial charge in [-0.25, -0.2) is 14.2 Å². The van der Waals surface area contributed by atoms with Gasteiger partial charge < -0.3 is 14.8 Å². The molecule has 3 aromatic rings. The monoisotopic (exact) mass is 411 g/mol. The van der Waals surface area contributed by atoms with Crippen LogP contribution in [-0.2, 0) is 4.74 Å². The molecule has 0 saturated heterocycles. The molecule has 0 radical (unpaired) electrons. The number of carbonyl (C=O) groups excluding carboxylic acids is 1. The van der Waals surface area contributed by atoms with Crippen LogP contribution in [0.25, 0.3) is 22.4 Å². The Morgan fingerprint density at radius 1 is 1.28 bits per heavy atom. The van der Waals surface area contributed by atoms with Crippen LogP contribution in [0, 0.1) is 17.1 Å². The Bertz CT molecular complexity index is 1220. The predicted octanol–water partition coefficient (Wildman–Crippen LogP) is 3.33. The van der Waals surface area contributed by atoms with Gasteiger partial charge in [0.05, 0.1) is 12.7 Å². The molecule has 0 atom stereocenters. The van der Waals surface area contributed by atoms with Crippen molar-refractivity contribution in [1.82, 2.24) is 9.97 Å². The number of thioether (sulfide) groups is 1. The maximum Gasteiger partial charge on any atom is 0.337 e. The van der Waals surface area contributed by atoms with E-state index in [0.29, 0.717) is 0 Å². The Morgan fingerprint density at radius 2 is 2.00 bits per heavy atom. The highest BCUT2D eigenvalue weighted by molar-refractivity contribution is 7.98. The SMILES string of the molecule is COC(=O)c1ccc(F)c(-c2cccc(-c3nc(SC)[nH]c(=O)c3C#N)c2O)c1. The largest absolute Gasteiger partial charge is 0.507 e. The average Bonchev–Trinajstić information content (AvgIpc) is 2.73. The van der Waals surface area contributed by atoms with Crippen LogP contribution in [0.1, 0.15) is 15.9 Å². The van der Waals surface area contributed by atoms with Crippen molar-refractivity contribution in [3.05, 3.63) is 63.7 Å². The van der Waals surface area contributed by atoms with Crippen molar-refractivity contribution in [1.29, 1.82) is 5.26 Å². The summed E-state index contributed by atoms with van der Waals surface area (Å²) in [7, 11) is 1.20. The molecular weight excluding hydrogens is 397 g/mol. The lowest BCUT2D eigenvalue weighted by molar-refractivity contribution is 0.0600. The molecule has 2 N–H and O–H groups in total. The molecule has 3 rings (SSSR count). The van der Waals surface area contributed by atoms with E-state index in [0.717, 1.165) is 17.8 Å². The van der Waals surface area contributed by atoms with E-state index < -0.39 is 17.3 Å². The molecule has 2 aromatic carbocycles. The third kappa shape index (κ3) is 3.70. The first-order valence-electron chi connectivity index (χ1n) is 8.20. The summed E-state index contributed by atoms with van der Waals surface area (Å²) in [5.74, 6) is -1.71. The zero-order chi connectivity index (χ0) is 21.1. The third-order valence-electron chi connectivity index (χ3n) is 4.17. The second kappa shape index (κ2) is 8.16. The molecule has 0 aliphatic rings. The molecule has 0 aliphatic carbocycles. The van der Waals surface area contributed by atoms with Crippen molar-refractivity contribution in [2.24, 2.45) is 0 Å². The van der Waals surface area contributed by atoms with Gasteiger partial charge in [-0.05, 0) is 30.5 Å². The molecule has 0 unspecified atom stereocenters. The highest BCUT2D eigenvalue weighted by Gasteiger charge is 2.20. The fourth-order valence-corrected chi connectivity index (χ4v) is 3.15. The second-order valence-corrected chi connectivity index (χ2v) is 6.59. The number of H-pyrrole nitrogens is 1. The van der Waals surface area contributed by atoms with Crippen LogP contribution < -0.4 is 5.56 Å². The fraction of sp³-hybridized carbons (Fsp3) is 0.100. The summed E-state index contributed by atoms with van der Waals surface area (Å²) in [4.78, 5) is 30.6. The molecule has 29 heavy (non-hydrogen) atoms. The number of phenolic OH excluding ortho intramolecular Hbond substituents is 1. The molecule has 0 spiro atoms. The number of aromatic amines is 1. The van der Waals surface area contributed by atoms with E-state index in [9.17, 15) is 24.3 Å². The lowest BCUT2D eigenvalue weighted by Crippen LogP contribution is -2.14. The van der Waals surface area contributed by atoms with E-state index in [1.165, 1.54) is 37.4 Å². The summed E-state index contributed by atoms with van der Waals surface area (Å²) in [5, 5.41) is 20.4. The molecular formula is C20H14FN3O4S. The smallest absolute Gasteiger partial charge is 0.337 e. The van der Waals surface area contributed by atoms with Crippen molar-refractivity contribution in [3.8, 4) is 34.2 Å².